The number of nitrogens with two attached hydrogens (primary N) is 1. The molecule has 2 N–H and O–H groups in total. The van der Waals surface area contributed by atoms with Crippen molar-refractivity contribution in [3.8, 4) is 0 Å². The van der Waals surface area contributed by atoms with Crippen LogP contribution in [0.15, 0.2) is 11.3 Å². The maximum absolute atomic E-state index is 5.61. The summed E-state index contributed by atoms with van der Waals surface area (Å²) >= 11 is 0. The summed E-state index contributed by atoms with van der Waals surface area (Å²) in [6.45, 7) is 6.23. The van der Waals surface area contributed by atoms with Gasteiger partial charge in [0.25, 0.3) is 0 Å². The number of rotatable bonds is 2. The second-order valence-electron chi connectivity index (χ2n) is 2.28. The van der Waals surface area contributed by atoms with Gasteiger partial charge in [-0.05, 0) is 20.3 Å². The van der Waals surface area contributed by atoms with Gasteiger partial charge >= 0.3 is 0 Å². The molecule has 0 saturated heterocycles. The molecule has 2 nitrogen and oxygen atoms in total. The van der Waals surface area contributed by atoms with Gasteiger partial charge in [-0.1, -0.05) is 18.9 Å². The van der Waals surface area contributed by atoms with Crippen LogP contribution in [0.2, 0.25) is 0 Å². The van der Waals surface area contributed by atoms with E-state index in [0.29, 0.717) is 0 Å². The summed E-state index contributed by atoms with van der Waals surface area (Å²) in [5.74, 6) is 0. The summed E-state index contributed by atoms with van der Waals surface area (Å²) < 4.78 is 0. The molecule has 0 aliphatic rings. The largest absolute Gasteiger partial charge is 0.402 e. The standard InChI is InChI=1S/C7H15N.O/c1-4-5-7(8)6(2)3;/h4-5,8H2,1-3H3;. The third-order valence-electron chi connectivity index (χ3n) is 1.16. The second kappa shape index (κ2) is 5.63. The average molecular weight is 129 g/mol. The highest BCUT2D eigenvalue weighted by Crippen LogP contribution is 2.02. The molecule has 0 fully saturated rings. The third kappa shape index (κ3) is 5.37. The lowest BCUT2D eigenvalue weighted by molar-refractivity contribution is 0.686. The Morgan fingerprint density at radius 1 is 1.33 bits per heavy atom. The first-order chi connectivity index (χ1) is 3.68. The quantitative estimate of drug-likeness (QED) is 0.608. The Bertz CT molecular complexity index is 93.1. The van der Waals surface area contributed by atoms with Crippen LogP contribution in [-0.2, 0) is 5.48 Å². The van der Waals surface area contributed by atoms with E-state index in [1.54, 1.807) is 0 Å². The molecule has 0 saturated carbocycles. The van der Waals surface area contributed by atoms with E-state index >= 15 is 0 Å². The molecule has 0 rings (SSSR count). The zero-order chi connectivity index (χ0) is 6.57. The lowest BCUT2D eigenvalue weighted by atomic mass is 10.2. The molecule has 0 aliphatic carbocycles. The molecule has 0 aliphatic heterocycles. The fraction of sp³-hybridized carbons (Fsp3) is 0.714. The molecule has 0 aromatic carbocycles. The maximum Gasteiger partial charge on any atom is 0.00666 e. The van der Waals surface area contributed by atoms with Gasteiger partial charge in [-0.15, -0.1) is 0 Å². The van der Waals surface area contributed by atoms with Crippen LogP contribution in [0.4, 0.5) is 0 Å². The smallest absolute Gasteiger partial charge is 0.00666 e. The second-order valence-corrected chi connectivity index (χ2v) is 2.28. The highest BCUT2D eigenvalue weighted by molar-refractivity contribution is 5.04. The van der Waals surface area contributed by atoms with Crippen LogP contribution in [0.25, 0.3) is 0 Å². The minimum absolute atomic E-state index is 0. The van der Waals surface area contributed by atoms with Crippen molar-refractivity contribution in [3.63, 3.8) is 0 Å². The zero-order valence-electron chi connectivity index (χ0n) is 6.40. The monoisotopic (exact) mass is 129 g/mol. The molecule has 0 spiro atoms. The van der Waals surface area contributed by atoms with Crippen molar-refractivity contribution < 1.29 is 5.48 Å². The first kappa shape index (κ1) is 11.3. The SMILES string of the molecule is CCCC(N)=C(C)C.[O]. The lowest BCUT2D eigenvalue weighted by Gasteiger charge is -1.98. The Morgan fingerprint density at radius 2 is 1.78 bits per heavy atom. The van der Waals surface area contributed by atoms with Gasteiger partial charge in [-0.25, -0.2) is 0 Å². The van der Waals surface area contributed by atoms with Gasteiger partial charge in [0.05, 0.1) is 0 Å². The maximum atomic E-state index is 5.61. The van der Waals surface area contributed by atoms with Crippen molar-refractivity contribution in [1.29, 1.82) is 0 Å². The highest BCUT2D eigenvalue weighted by Gasteiger charge is 1.87. The van der Waals surface area contributed by atoms with E-state index in [9.17, 15) is 0 Å². The van der Waals surface area contributed by atoms with E-state index in [0.717, 1.165) is 18.5 Å². The van der Waals surface area contributed by atoms with Crippen molar-refractivity contribution in [2.24, 2.45) is 5.73 Å². The van der Waals surface area contributed by atoms with Crippen molar-refractivity contribution >= 4 is 0 Å². The Hall–Kier alpha value is -0.500. The van der Waals surface area contributed by atoms with E-state index in [1.165, 1.54) is 5.57 Å². The van der Waals surface area contributed by atoms with Gasteiger partial charge in [0.2, 0.25) is 0 Å². The summed E-state index contributed by atoms with van der Waals surface area (Å²) in [6.07, 6.45) is 2.19. The highest BCUT2D eigenvalue weighted by atomic mass is 16.0. The first-order valence-electron chi connectivity index (χ1n) is 3.10. The van der Waals surface area contributed by atoms with Gasteiger partial charge in [0.1, 0.15) is 0 Å². The molecule has 0 aromatic heterocycles. The summed E-state index contributed by atoms with van der Waals surface area (Å²) in [5, 5.41) is 0. The number of allylic oxidation sites excluding steroid dienone is 2. The van der Waals surface area contributed by atoms with Crippen LogP contribution in [0.5, 0.6) is 0 Å². The fourth-order valence-electron chi connectivity index (χ4n) is 0.519. The van der Waals surface area contributed by atoms with Crippen LogP contribution in [-0.4, -0.2) is 0 Å². The van der Waals surface area contributed by atoms with Gasteiger partial charge in [-0.3, -0.25) is 0 Å². The summed E-state index contributed by atoms with van der Waals surface area (Å²) in [5.41, 5.74) is 7.91. The van der Waals surface area contributed by atoms with Gasteiger partial charge < -0.3 is 5.73 Å². The van der Waals surface area contributed by atoms with E-state index < -0.39 is 0 Å². The third-order valence-corrected chi connectivity index (χ3v) is 1.16. The first-order valence-corrected chi connectivity index (χ1v) is 3.10. The van der Waals surface area contributed by atoms with E-state index in [1.807, 2.05) is 13.8 Å². The summed E-state index contributed by atoms with van der Waals surface area (Å²) in [4.78, 5) is 0. The van der Waals surface area contributed by atoms with Crippen LogP contribution in [0, 0.1) is 0 Å². The predicted molar refractivity (Wildman–Crippen MR) is 38.2 cm³/mol. The van der Waals surface area contributed by atoms with E-state index in [4.69, 9.17) is 5.73 Å². The van der Waals surface area contributed by atoms with Crippen molar-refractivity contribution in [2.45, 2.75) is 33.6 Å². The molecule has 2 heteroatoms. The Balaban J connectivity index is 0. The molecule has 54 valence electrons. The Morgan fingerprint density at radius 3 is 1.89 bits per heavy atom. The Labute approximate surface area is 57.1 Å². The minimum Gasteiger partial charge on any atom is -0.402 e. The van der Waals surface area contributed by atoms with E-state index in [2.05, 4.69) is 6.92 Å². The molecule has 0 amide bonds. The average Bonchev–Trinajstić information content (AvgIpc) is 1.67. The van der Waals surface area contributed by atoms with Crippen LogP contribution in [0.3, 0.4) is 0 Å². The molecular weight excluding hydrogens is 114 g/mol. The molecule has 9 heavy (non-hydrogen) atoms. The Kier molecular flexibility index (Phi) is 7.08. The molecule has 0 unspecified atom stereocenters. The van der Waals surface area contributed by atoms with Crippen molar-refractivity contribution in [3.05, 3.63) is 11.3 Å². The minimum atomic E-state index is 0. The van der Waals surface area contributed by atoms with Gasteiger partial charge in [0, 0.05) is 11.2 Å². The fourth-order valence-corrected chi connectivity index (χ4v) is 0.519. The summed E-state index contributed by atoms with van der Waals surface area (Å²) in [6, 6.07) is 0. The number of hydrogen-bond donors (Lipinski definition) is 1. The van der Waals surface area contributed by atoms with Crippen molar-refractivity contribution in [1.82, 2.24) is 0 Å². The molecule has 0 heterocycles. The summed E-state index contributed by atoms with van der Waals surface area (Å²) in [7, 11) is 0. The molecular formula is C7H15NO. The van der Waals surface area contributed by atoms with Gasteiger partial charge in [-0.2, -0.15) is 0 Å². The van der Waals surface area contributed by atoms with E-state index in [-0.39, 0.29) is 5.48 Å². The molecule has 0 aromatic rings. The normalized spacial score (nSPS) is 7.89. The topological polar surface area (TPSA) is 54.5 Å². The molecule has 0 atom stereocenters. The predicted octanol–water partition coefficient (Wildman–Crippen LogP) is 1.92. The van der Waals surface area contributed by atoms with Crippen LogP contribution < -0.4 is 5.73 Å². The number of hydrogen-bond acceptors (Lipinski definition) is 1. The van der Waals surface area contributed by atoms with Gasteiger partial charge in [0.15, 0.2) is 0 Å². The van der Waals surface area contributed by atoms with Crippen LogP contribution >= 0.6 is 0 Å². The molecule has 0 bridgehead atoms. The zero-order valence-corrected chi connectivity index (χ0v) is 6.40. The lowest BCUT2D eigenvalue weighted by Crippen LogP contribution is -1.97. The molecule has 2 radical (unpaired) electrons. The van der Waals surface area contributed by atoms with Crippen molar-refractivity contribution in [2.75, 3.05) is 0 Å². The van der Waals surface area contributed by atoms with Crippen LogP contribution in [0.1, 0.15) is 33.6 Å².